The van der Waals surface area contributed by atoms with E-state index in [1.807, 2.05) is 30.3 Å². The Kier molecular flexibility index (Phi) is 8.03. The molecule has 25 heavy (non-hydrogen) atoms. The van der Waals surface area contributed by atoms with Crippen molar-refractivity contribution < 1.29 is 9.72 Å². The van der Waals surface area contributed by atoms with Crippen molar-refractivity contribution in [2.75, 3.05) is 13.1 Å². The highest BCUT2D eigenvalue weighted by Gasteiger charge is 2.20. The normalized spacial score (nSPS) is 10.2. The third kappa shape index (κ3) is 5.84. The zero-order valence-corrected chi connectivity index (χ0v) is 14.8. The molecule has 136 valence electrons. The summed E-state index contributed by atoms with van der Waals surface area (Å²) in [5.74, 6) is 0.0631. The van der Waals surface area contributed by atoms with Crippen LogP contribution in [0.5, 0.6) is 0 Å². The van der Waals surface area contributed by atoms with Crippen molar-refractivity contribution in [3.05, 3.63) is 58.0 Å². The second-order valence-electron chi connectivity index (χ2n) is 5.47. The van der Waals surface area contributed by atoms with E-state index in [0.29, 0.717) is 31.9 Å². The number of halogens is 1. The smallest absolute Gasteiger partial charge is 0.358 e. The first-order chi connectivity index (χ1) is 11.5. The Hall–Kier alpha value is -2.45. The van der Waals surface area contributed by atoms with Crippen LogP contribution in [0.4, 0.5) is 5.82 Å². The van der Waals surface area contributed by atoms with Gasteiger partial charge in [-0.15, -0.1) is 12.4 Å². The standard InChI is InChI=1S/C16H21N5O3.ClH/c1-13-18-15(21(23)24)11-20(13)12-16(22)19(9-5-8-17)10-14-6-3-2-4-7-14;/h2-4,6-7,11H,5,8-10,12,17H2,1H3;1H. The number of aryl methyl sites for hydroxylation is 1. The van der Waals surface area contributed by atoms with Gasteiger partial charge in [0.25, 0.3) is 0 Å². The second kappa shape index (κ2) is 9.75. The van der Waals surface area contributed by atoms with Gasteiger partial charge in [0.1, 0.15) is 12.7 Å². The van der Waals surface area contributed by atoms with Crippen LogP contribution >= 0.6 is 12.4 Å². The number of carbonyl (C=O) groups is 1. The Labute approximate surface area is 152 Å². The fourth-order valence-electron chi connectivity index (χ4n) is 2.36. The zero-order chi connectivity index (χ0) is 17.5. The number of hydrogen-bond acceptors (Lipinski definition) is 5. The van der Waals surface area contributed by atoms with Gasteiger partial charge in [-0.05, 0) is 28.4 Å². The Bertz CT molecular complexity index is 705. The molecular weight excluding hydrogens is 346 g/mol. The van der Waals surface area contributed by atoms with Crippen molar-refractivity contribution >= 4 is 24.1 Å². The van der Waals surface area contributed by atoms with Gasteiger partial charge in [-0.25, -0.2) is 0 Å². The molecule has 0 bridgehead atoms. The minimum Gasteiger partial charge on any atom is -0.358 e. The molecule has 0 aliphatic rings. The molecule has 0 saturated carbocycles. The molecule has 0 atom stereocenters. The molecule has 1 aromatic heterocycles. The van der Waals surface area contributed by atoms with E-state index < -0.39 is 4.92 Å². The van der Waals surface area contributed by atoms with E-state index in [4.69, 9.17) is 5.73 Å². The van der Waals surface area contributed by atoms with Gasteiger partial charge in [-0.3, -0.25) is 9.36 Å². The van der Waals surface area contributed by atoms with Crippen LogP contribution in [0.25, 0.3) is 0 Å². The molecule has 0 saturated heterocycles. The zero-order valence-electron chi connectivity index (χ0n) is 14.0. The fraction of sp³-hybridized carbons (Fsp3) is 0.375. The van der Waals surface area contributed by atoms with Gasteiger partial charge in [-0.1, -0.05) is 30.3 Å². The molecule has 0 spiro atoms. The van der Waals surface area contributed by atoms with E-state index in [1.54, 1.807) is 11.8 Å². The van der Waals surface area contributed by atoms with Gasteiger partial charge < -0.3 is 20.7 Å². The monoisotopic (exact) mass is 367 g/mol. The summed E-state index contributed by atoms with van der Waals surface area (Å²) in [5, 5.41) is 10.8. The highest BCUT2D eigenvalue weighted by atomic mass is 35.5. The van der Waals surface area contributed by atoms with Crippen LogP contribution in [0.2, 0.25) is 0 Å². The Morgan fingerprint density at radius 1 is 1.36 bits per heavy atom. The van der Waals surface area contributed by atoms with E-state index >= 15 is 0 Å². The molecule has 2 aromatic rings. The molecule has 1 amide bonds. The number of aromatic nitrogens is 2. The van der Waals surface area contributed by atoms with Crippen molar-refractivity contribution in [3.63, 3.8) is 0 Å². The number of nitrogens with zero attached hydrogens (tertiary/aromatic N) is 4. The fourth-order valence-corrected chi connectivity index (χ4v) is 2.36. The van der Waals surface area contributed by atoms with Crippen LogP contribution in [-0.2, 0) is 17.9 Å². The average molecular weight is 368 g/mol. The van der Waals surface area contributed by atoms with E-state index in [2.05, 4.69) is 4.98 Å². The second-order valence-corrected chi connectivity index (χ2v) is 5.47. The minimum absolute atomic E-state index is 0. The summed E-state index contributed by atoms with van der Waals surface area (Å²) in [7, 11) is 0. The average Bonchev–Trinajstić information content (AvgIpc) is 2.93. The molecule has 2 rings (SSSR count). The third-order valence-electron chi connectivity index (χ3n) is 3.66. The maximum absolute atomic E-state index is 12.6. The Morgan fingerprint density at radius 3 is 2.60 bits per heavy atom. The van der Waals surface area contributed by atoms with Crippen molar-refractivity contribution in [2.24, 2.45) is 5.73 Å². The molecule has 9 heteroatoms. The summed E-state index contributed by atoms with van der Waals surface area (Å²) in [6, 6.07) is 9.67. The van der Waals surface area contributed by atoms with Crippen LogP contribution in [0.15, 0.2) is 36.5 Å². The summed E-state index contributed by atoms with van der Waals surface area (Å²) in [5.41, 5.74) is 6.58. The van der Waals surface area contributed by atoms with Crippen molar-refractivity contribution in [1.82, 2.24) is 14.5 Å². The van der Waals surface area contributed by atoms with Crippen LogP contribution < -0.4 is 5.73 Å². The number of nitrogens with two attached hydrogens (primary N) is 1. The molecule has 0 unspecified atom stereocenters. The van der Waals surface area contributed by atoms with Crippen molar-refractivity contribution in [1.29, 1.82) is 0 Å². The van der Waals surface area contributed by atoms with E-state index in [9.17, 15) is 14.9 Å². The number of benzene rings is 1. The molecule has 0 aliphatic heterocycles. The van der Waals surface area contributed by atoms with Crippen LogP contribution in [0.1, 0.15) is 17.8 Å². The summed E-state index contributed by atoms with van der Waals surface area (Å²) >= 11 is 0. The van der Waals surface area contributed by atoms with Gasteiger partial charge in [0.05, 0.1) is 0 Å². The predicted molar refractivity (Wildman–Crippen MR) is 96.4 cm³/mol. The lowest BCUT2D eigenvalue weighted by Gasteiger charge is -2.23. The van der Waals surface area contributed by atoms with E-state index in [1.165, 1.54) is 10.8 Å². The molecule has 2 N–H and O–H groups in total. The largest absolute Gasteiger partial charge is 0.381 e. The number of amides is 1. The van der Waals surface area contributed by atoms with Gasteiger partial charge >= 0.3 is 5.82 Å². The van der Waals surface area contributed by atoms with Crippen LogP contribution in [0, 0.1) is 17.0 Å². The summed E-state index contributed by atoms with van der Waals surface area (Å²) in [6.45, 7) is 3.18. The molecule has 0 aliphatic carbocycles. The van der Waals surface area contributed by atoms with Crippen molar-refractivity contribution in [2.45, 2.75) is 26.4 Å². The quantitative estimate of drug-likeness (QED) is 0.566. The number of carbonyl (C=O) groups excluding carboxylic acids is 1. The lowest BCUT2D eigenvalue weighted by Crippen LogP contribution is -2.35. The third-order valence-corrected chi connectivity index (χ3v) is 3.66. The number of hydrogen-bond donors (Lipinski definition) is 1. The molecule has 1 aromatic carbocycles. The molecular formula is C16H22ClN5O3. The topological polar surface area (TPSA) is 107 Å². The van der Waals surface area contributed by atoms with Gasteiger partial charge in [0.2, 0.25) is 11.7 Å². The van der Waals surface area contributed by atoms with Crippen molar-refractivity contribution in [3.8, 4) is 0 Å². The summed E-state index contributed by atoms with van der Waals surface area (Å²) < 4.78 is 1.50. The Balaban J connectivity index is 0.00000312. The highest BCUT2D eigenvalue weighted by molar-refractivity contribution is 5.85. The number of rotatable bonds is 8. The van der Waals surface area contributed by atoms with Gasteiger partial charge in [0.15, 0.2) is 0 Å². The lowest BCUT2D eigenvalue weighted by atomic mass is 10.2. The molecule has 8 nitrogen and oxygen atoms in total. The number of imidazole rings is 1. The first-order valence-electron chi connectivity index (χ1n) is 7.71. The van der Waals surface area contributed by atoms with Crippen LogP contribution in [-0.4, -0.2) is 38.4 Å². The molecule has 0 fully saturated rings. The minimum atomic E-state index is -0.565. The van der Waals surface area contributed by atoms with Gasteiger partial charge in [0, 0.05) is 20.0 Å². The first-order valence-corrected chi connectivity index (χ1v) is 7.71. The maximum Gasteiger partial charge on any atom is 0.381 e. The molecule has 1 heterocycles. The van der Waals surface area contributed by atoms with E-state index in [0.717, 1.165) is 5.56 Å². The maximum atomic E-state index is 12.6. The Morgan fingerprint density at radius 2 is 2.04 bits per heavy atom. The molecule has 0 radical (unpaired) electrons. The summed E-state index contributed by atoms with van der Waals surface area (Å²) in [6.07, 6.45) is 1.98. The van der Waals surface area contributed by atoms with Crippen LogP contribution in [0.3, 0.4) is 0 Å². The first kappa shape index (κ1) is 20.6. The SMILES string of the molecule is Cc1nc([N+](=O)[O-])cn1CC(=O)N(CCCN)Cc1ccccc1.Cl. The van der Waals surface area contributed by atoms with E-state index in [-0.39, 0.29) is 30.7 Å². The number of nitro groups is 1. The predicted octanol–water partition coefficient (Wildman–Crippen LogP) is 1.90. The lowest BCUT2D eigenvalue weighted by molar-refractivity contribution is -0.389. The highest BCUT2D eigenvalue weighted by Crippen LogP contribution is 2.12. The van der Waals surface area contributed by atoms with Gasteiger partial charge in [-0.2, -0.15) is 0 Å². The summed E-state index contributed by atoms with van der Waals surface area (Å²) in [4.78, 5) is 28.4.